The van der Waals surface area contributed by atoms with Gasteiger partial charge in [0.05, 0.1) is 0 Å². The minimum Gasteiger partial charge on any atom is -0.370 e. The quantitative estimate of drug-likeness (QED) is 0.850. The Morgan fingerprint density at radius 2 is 2.25 bits per heavy atom. The van der Waals surface area contributed by atoms with Crippen molar-refractivity contribution in [2.75, 3.05) is 29.8 Å². The van der Waals surface area contributed by atoms with Crippen LogP contribution in [0.15, 0.2) is 33.9 Å². The Hall–Kier alpha value is -2.13. The van der Waals surface area contributed by atoms with E-state index in [0.29, 0.717) is 11.3 Å². The average Bonchev–Trinajstić information content (AvgIpc) is 3.21. The molecule has 24 heavy (non-hydrogen) atoms. The molecular formula is C15H19FN4O3S. The van der Waals surface area contributed by atoms with Gasteiger partial charge < -0.3 is 14.7 Å². The number of benzene rings is 1. The van der Waals surface area contributed by atoms with E-state index in [9.17, 15) is 12.8 Å². The standard InChI is InChI=1S/C15H19FN4O3S/c1-10-7-14(24(21,22)19-15-4-6-23-18-15)12(16)8-13(10)20(2)11-3-5-17-9-11/h4,6-8,11,17H,3,5,9H2,1-2H3,(H,18,19). The van der Waals surface area contributed by atoms with Crippen LogP contribution in [0.2, 0.25) is 0 Å². The van der Waals surface area contributed by atoms with Crippen LogP contribution < -0.4 is 14.9 Å². The monoisotopic (exact) mass is 354 g/mol. The van der Waals surface area contributed by atoms with E-state index in [1.54, 1.807) is 6.92 Å². The molecule has 0 spiro atoms. The highest BCUT2D eigenvalue weighted by Gasteiger charge is 2.25. The van der Waals surface area contributed by atoms with Crippen molar-refractivity contribution in [2.45, 2.75) is 24.3 Å². The summed E-state index contributed by atoms with van der Waals surface area (Å²) in [4.78, 5) is 1.57. The fourth-order valence-electron chi connectivity index (χ4n) is 2.85. The van der Waals surface area contributed by atoms with Gasteiger partial charge in [0.1, 0.15) is 17.0 Å². The van der Waals surface area contributed by atoms with E-state index < -0.39 is 20.7 Å². The first-order chi connectivity index (χ1) is 11.4. The molecule has 0 amide bonds. The normalized spacial score (nSPS) is 17.9. The maximum Gasteiger partial charge on any atom is 0.266 e. The molecule has 7 nitrogen and oxygen atoms in total. The molecule has 0 bridgehead atoms. The van der Waals surface area contributed by atoms with E-state index in [2.05, 4.69) is 19.7 Å². The highest BCUT2D eigenvalue weighted by atomic mass is 32.2. The molecule has 9 heteroatoms. The van der Waals surface area contributed by atoms with E-state index in [0.717, 1.165) is 19.5 Å². The lowest BCUT2D eigenvalue weighted by molar-refractivity contribution is 0.423. The fraction of sp³-hybridized carbons (Fsp3) is 0.400. The van der Waals surface area contributed by atoms with E-state index in [-0.39, 0.29) is 11.9 Å². The van der Waals surface area contributed by atoms with Gasteiger partial charge in [-0.25, -0.2) is 12.8 Å². The zero-order valence-corrected chi connectivity index (χ0v) is 14.2. The lowest BCUT2D eigenvalue weighted by atomic mass is 10.1. The minimum absolute atomic E-state index is 0.00489. The third-order valence-corrected chi connectivity index (χ3v) is 5.55. The molecule has 1 aliphatic rings. The largest absolute Gasteiger partial charge is 0.370 e. The fourth-order valence-corrected chi connectivity index (χ4v) is 3.99. The summed E-state index contributed by atoms with van der Waals surface area (Å²) in [7, 11) is -2.19. The van der Waals surface area contributed by atoms with Crippen molar-refractivity contribution in [3.8, 4) is 0 Å². The van der Waals surface area contributed by atoms with Crippen LogP contribution in [0.4, 0.5) is 15.9 Å². The molecule has 1 unspecified atom stereocenters. The molecule has 0 aliphatic carbocycles. The zero-order chi connectivity index (χ0) is 17.3. The van der Waals surface area contributed by atoms with Crippen molar-refractivity contribution in [3.63, 3.8) is 0 Å². The summed E-state index contributed by atoms with van der Waals surface area (Å²) >= 11 is 0. The van der Waals surface area contributed by atoms with Crippen LogP contribution in [-0.2, 0) is 10.0 Å². The lowest BCUT2D eigenvalue weighted by Crippen LogP contribution is -2.34. The summed E-state index contributed by atoms with van der Waals surface area (Å²) in [6, 6.07) is 4.22. The minimum atomic E-state index is -4.08. The second-order valence-electron chi connectivity index (χ2n) is 5.82. The van der Waals surface area contributed by atoms with Crippen LogP contribution in [0.1, 0.15) is 12.0 Å². The number of likely N-dealkylation sites (N-methyl/N-ethyl adjacent to an activating group) is 1. The Labute approximate surface area is 139 Å². The Morgan fingerprint density at radius 1 is 1.46 bits per heavy atom. The van der Waals surface area contributed by atoms with Gasteiger partial charge in [0.25, 0.3) is 10.0 Å². The Kier molecular flexibility index (Phi) is 4.46. The van der Waals surface area contributed by atoms with Crippen molar-refractivity contribution in [1.82, 2.24) is 10.5 Å². The molecular weight excluding hydrogens is 335 g/mol. The van der Waals surface area contributed by atoms with Crippen molar-refractivity contribution in [1.29, 1.82) is 0 Å². The molecule has 3 rings (SSSR count). The molecule has 2 N–H and O–H groups in total. The van der Waals surface area contributed by atoms with Gasteiger partial charge in [-0.3, -0.25) is 4.72 Å². The van der Waals surface area contributed by atoms with Gasteiger partial charge in [-0.05, 0) is 37.6 Å². The molecule has 1 aromatic heterocycles. The van der Waals surface area contributed by atoms with Crippen LogP contribution in [0.25, 0.3) is 0 Å². The number of nitrogens with one attached hydrogen (secondary N) is 2. The predicted molar refractivity (Wildman–Crippen MR) is 88.1 cm³/mol. The van der Waals surface area contributed by atoms with Crippen LogP contribution in [0, 0.1) is 12.7 Å². The number of hydrogen-bond donors (Lipinski definition) is 2. The maximum atomic E-state index is 14.5. The Bertz CT molecular complexity index is 817. The van der Waals surface area contributed by atoms with E-state index in [4.69, 9.17) is 0 Å². The van der Waals surface area contributed by atoms with E-state index in [1.807, 2.05) is 11.9 Å². The van der Waals surface area contributed by atoms with Gasteiger partial charge in [-0.2, -0.15) is 0 Å². The Balaban J connectivity index is 1.92. The molecule has 1 saturated heterocycles. The van der Waals surface area contributed by atoms with Crippen molar-refractivity contribution >= 4 is 21.5 Å². The summed E-state index contributed by atoms with van der Waals surface area (Å²) in [6.07, 6.45) is 2.19. The number of hydrogen-bond acceptors (Lipinski definition) is 6. The van der Waals surface area contributed by atoms with Crippen LogP contribution in [0.5, 0.6) is 0 Å². The highest BCUT2D eigenvalue weighted by molar-refractivity contribution is 7.92. The summed E-state index contributed by atoms with van der Waals surface area (Å²) in [5, 5.41) is 6.73. The first-order valence-corrected chi connectivity index (χ1v) is 9.03. The summed E-state index contributed by atoms with van der Waals surface area (Å²) in [5.74, 6) is -0.797. The molecule has 2 heterocycles. The first kappa shape index (κ1) is 16.7. The number of sulfonamides is 1. The van der Waals surface area contributed by atoms with Crippen LogP contribution in [-0.4, -0.2) is 39.8 Å². The predicted octanol–water partition coefficient (Wildman–Crippen LogP) is 1.72. The second kappa shape index (κ2) is 6.40. The first-order valence-electron chi connectivity index (χ1n) is 7.55. The molecule has 1 aliphatic heterocycles. The van der Waals surface area contributed by atoms with Crippen LogP contribution >= 0.6 is 0 Å². The summed E-state index contributed by atoms with van der Waals surface area (Å²) < 4.78 is 46.0. The van der Waals surface area contributed by atoms with Crippen molar-refractivity contribution < 1.29 is 17.3 Å². The lowest BCUT2D eigenvalue weighted by Gasteiger charge is -2.28. The Morgan fingerprint density at radius 3 is 2.88 bits per heavy atom. The van der Waals surface area contributed by atoms with Crippen molar-refractivity contribution in [2.24, 2.45) is 0 Å². The van der Waals surface area contributed by atoms with Gasteiger partial charge >= 0.3 is 0 Å². The van der Waals surface area contributed by atoms with Crippen molar-refractivity contribution in [3.05, 3.63) is 35.8 Å². The third kappa shape index (κ3) is 3.22. The SMILES string of the molecule is Cc1cc(S(=O)(=O)Nc2ccon2)c(F)cc1N(C)C1CCNC1. The maximum absolute atomic E-state index is 14.5. The molecule has 2 aromatic rings. The van der Waals surface area contributed by atoms with E-state index in [1.165, 1.54) is 24.5 Å². The number of nitrogens with zero attached hydrogens (tertiary/aromatic N) is 2. The number of rotatable bonds is 5. The van der Waals surface area contributed by atoms with Gasteiger partial charge in [-0.1, -0.05) is 5.16 Å². The van der Waals surface area contributed by atoms with Gasteiger partial charge in [0, 0.05) is 31.4 Å². The molecule has 0 radical (unpaired) electrons. The summed E-state index contributed by atoms with van der Waals surface area (Å²) in [5.41, 5.74) is 1.37. The molecule has 1 aromatic carbocycles. The number of aromatic nitrogens is 1. The topological polar surface area (TPSA) is 87.5 Å². The zero-order valence-electron chi connectivity index (χ0n) is 13.4. The number of anilines is 2. The smallest absolute Gasteiger partial charge is 0.266 e. The molecule has 1 fully saturated rings. The molecule has 0 saturated carbocycles. The second-order valence-corrected chi connectivity index (χ2v) is 7.47. The highest BCUT2D eigenvalue weighted by Crippen LogP contribution is 2.28. The van der Waals surface area contributed by atoms with Gasteiger partial charge in [0.15, 0.2) is 5.82 Å². The van der Waals surface area contributed by atoms with Gasteiger partial charge in [-0.15, -0.1) is 0 Å². The number of aryl methyl sites for hydroxylation is 1. The third-order valence-electron chi connectivity index (χ3n) is 4.18. The molecule has 1 atom stereocenters. The van der Waals surface area contributed by atoms with Crippen LogP contribution in [0.3, 0.4) is 0 Å². The number of halogens is 1. The van der Waals surface area contributed by atoms with Gasteiger partial charge in [0.2, 0.25) is 0 Å². The molecule has 130 valence electrons. The average molecular weight is 354 g/mol. The summed E-state index contributed by atoms with van der Waals surface area (Å²) in [6.45, 7) is 3.51. The van der Waals surface area contributed by atoms with E-state index >= 15 is 0 Å².